The molecule has 2 heteroatoms. The van der Waals surface area contributed by atoms with E-state index in [1.165, 1.54) is 89.0 Å². The third-order valence-electron chi connectivity index (χ3n) is 15.4. The van der Waals surface area contributed by atoms with Gasteiger partial charge >= 0.3 is 0 Å². The molecule has 0 radical (unpaired) electrons. The normalized spacial score (nSPS) is 14.5. The van der Waals surface area contributed by atoms with Gasteiger partial charge in [0.05, 0.1) is 16.8 Å². The van der Waals surface area contributed by atoms with E-state index < -0.39 is 5.41 Å². The van der Waals surface area contributed by atoms with Crippen LogP contribution in [-0.2, 0) is 10.8 Å². The van der Waals surface area contributed by atoms with E-state index >= 15 is 0 Å². The largest absolute Gasteiger partial charge is 0.310 e. The molecule has 4 aliphatic rings. The van der Waals surface area contributed by atoms with Gasteiger partial charge in [-0.25, -0.2) is 0 Å². The number of fused-ring (bicyclic) bond motifs is 17. The lowest BCUT2D eigenvalue weighted by atomic mass is 9.66. The van der Waals surface area contributed by atoms with E-state index in [-0.39, 0.29) is 5.41 Å². The zero-order chi connectivity index (χ0) is 45.1. The fraction of sp³-hybridized carbons (Fsp3) is 0.0606. The summed E-state index contributed by atoms with van der Waals surface area (Å²) in [6.45, 7) is 4.76. The van der Waals surface area contributed by atoms with Crippen molar-refractivity contribution in [1.29, 1.82) is 0 Å². The maximum atomic E-state index is 2.51. The Bertz CT molecular complexity index is 3690. The van der Waals surface area contributed by atoms with E-state index in [0.717, 1.165) is 34.1 Å². The third-order valence-corrected chi connectivity index (χ3v) is 15.4. The van der Waals surface area contributed by atoms with Gasteiger partial charge in [-0.3, -0.25) is 0 Å². The van der Waals surface area contributed by atoms with E-state index in [0.29, 0.717) is 0 Å². The first kappa shape index (κ1) is 38.8. The molecule has 0 saturated heterocycles. The molecule has 3 aliphatic carbocycles. The summed E-state index contributed by atoms with van der Waals surface area (Å²) in [5, 5.41) is 0. The number of benzene rings is 10. The second kappa shape index (κ2) is 14.5. The zero-order valence-electron chi connectivity index (χ0n) is 38.0. The summed E-state index contributed by atoms with van der Waals surface area (Å²) in [6, 6.07) is 86.3. The monoisotopic (exact) mass is 866 g/mol. The van der Waals surface area contributed by atoms with Gasteiger partial charge in [0.1, 0.15) is 0 Å². The number of hydrogen-bond acceptors (Lipinski definition) is 2. The Hall–Kier alpha value is -8.46. The van der Waals surface area contributed by atoms with Gasteiger partial charge in [-0.05, 0) is 139 Å². The molecule has 1 heterocycles. The zero-order valence-corrected chi connectivity index (χ0v) is 38.0. The number of nitrogens with zero attached hydrogens (tertiary/aromatic N) is 2. The minimum Gasteiger partial charge on any atom is -0.310 e. The maximum Gasteiger partial charge on any atom is 0.0725 e. The van der Waals surface area contributed by atoms with Gasteiger partial charge in [0, 0.05) is 39.3 Å². The molecule has 320 valence electrons. The summed E-state index contributed by atoms with van der Waals surface area (Å²) in [6.07, 6.45) is 4.61. The second-order valence-corrected chi connectivity index (χ2v) is 19.2. The van der Waals surface area contributed by atoms with Crippen LogP contribution in [0.2, 0.25) is 0 Å². The molecule has 2 nitrogen and oxygen atoms in total. The Kier molecular flexibility index (Phi) is 8.28. The Morgan fingerprint density at radius 2 is 0.750 bits per heavy atom. The van der Waals surface area contributed by atoms with Gasteiger partial charge in [0.25, 0.3) is 0 Å². The van der Waals surface area contributed by atoms with Crippen LogP contribution >= 0.6 is 0 Å². The third kappa shape index (κ3) is 5.34. The summed E-state index contributed by atoms with van der Waals surface area (Å²) in [5.41, 5.74) is 26.6. The predicted molar refractivity (Wildman–Crippen MR) is 284 cm³/mol. The van der Waals surface area contributed by atoms with Crippen molar-refractivity contribution in [3.8, 4) is 44.5 Å². The summed E-state index contributed by atoms with van der Waals surface area (Å²) < 4.78 is 0. The van der Waals surface area contributed by atoms with Crippen molar-refractivity contribution >= 4 is 46.3 Å². The molecule has 0 aromatic heterocycles. The minimum atomic E-state index is -0.499. The SMILES string of the molecule is CC1(C)c2ccccc2-c2ccc(N(c3ccc4c(c3)-c3ccccc3N(c3ccccc3)c3ccccc3-4)c3ccc4c(c3)-c3ccccc3C43c4ccccc4C=Cc4ccccc43)cc21. The standard InChI is InChI=1S/C66H46N2/c1-65(2)59-28-14-8-22-50(59)52-38-35-48(42-62(52)65)67(46-34-37-49-53-24-10-16-30-63(53)68(45-20-4-3-5-21-45)64-31-17-11-25-54(64)55(49)40-46)47-36-39-61-56(41-47)51-23-9-15-29-60(51)66(61)57-26-12-6-18-43(57)32-33-44-19-7-13-27-58(44)66/h3-42H,1-2H3. The van der Waals surface area contributed by atoms with Crippen LogP contribution in [0.1, 0.15) is 58.4 Å². The first-order valence-electron chi connectivity index (χ1n) is 23.8. The first-order valence-corrected chi connectivity index (χ1v) is 23.8. The van der Waals surface area contributed by atoms with Gasteiger partial charge < -0.3 is 9.80 Å². The smallest absolute Gasteiger partial charge is 0.0725 e. The molecule has 10 aromatic carbocycles. The predicted octanol–water partition coefficient (Wildman–Crippen LogP) is 17.4. The van der Waals surface area contributed by atoms with Crippen LogP contribution in [0.3, 0.4) is 0 Å². The molecule has 10 aromatic rings. The van der Waals surface area contributed by atoms with Crippen molar-refractivity contribution < 1.29 is 0 Å². The summed E-state index contributed by atoms with van der Waals surface area (Å²) in [4.78, 5) is 4.94. The van der Waals surface area contributed by atoms with Crippen LogP contribution in [0.5, 0.6) is 0 Å². The highest BCUT2D eigenvalue weighted by molar-refractivity contribution is 6.04. The molecule has 0 unspecified atom stereocenters. The van der Waals surface area contributed by atoms with E-state index in [2.05, 4.69) is 266 Å². The highest BCUT2D eigenvalue weighted by Crippen LogP contribution is 2.60. The summed E-state index contributed by atoms with van der Waals surface area (Å²) >= 11 is 0. The molecule has 0 saturated carbocycles. The Morgan fingerprint density at radius 1 is 0.309 bits per heavy atom. The lowest BCUT2D eigenvalue weighted by Crippen LogP contribution is -2.29. The highest BCUT2D eigenvalue weighted by atomic mass is 15.2. The molecule has 0 atom stereocenters. The van der Waals surface area contributed by atoms with E-state index in [4.69, 9.17) is 0 Å². The number of hydrogen-bond donors (Lipinski definition) is 0. The molecule has 0 N–H and O–H groups in total. The van der Waals surface area contributed by atoms with Crippen molar-refractivity contribution in [2.75, 3.05) is 9.80 Å². The quantitative estimate of drug-likeness (QED) is 0.174. The fourth-order valence-electron chi connectivity index (χ4n) is 12.5. The second-order valence-electron chi connectivity index (χ2n) is 19.2. The fourth-order valence-corrected chi connectivity index (χ4v) is 12.5. The van der Waals surface area contributed by atoms with Crippen LogP contribution in [0.4, 0.5) is 34.1 Å². The Balaban J connectivity index is 1.02. The van der Waals surface area contributed by atoms with E-state index in [1.54, 1.807) is 0 Å². The van der Waals surface area contributed by atoms with Gasteiger partial charge in [0.15, 0.2) is 0 Å². The molecule has 1 spiro atoms. The number of anilines is 6. The van der Waals surface area contributed by atoms with Gasteiger partial charge in [0.2, 0.25) is 0 Å². The number of para-hydroxylation sites is 3. The summed E-state index contributed by atoms with van der Waals surface area (Å²) in [7, 11) is 0. The van der Waals surface area contributed by atoms with E-state index in [9.17, 15) is 0 Å². The van der Waals surface area contributed by atoms with Crippen molar-refractivity contribution in [3.05, 3.63) is 275 Å². The number of rotatable bonds is 4. The van der Waals surface area contributed by atoms with Crippen LogP contribution < -0.4 is 9.80 Å². The highest BCUT2D eigenvalue weighted by Gasteiger charge is 2.48. The molecule has 0 bridgehead atoms. The maximum absolute atomic E-state index is 2.51. The molecular formula is C66H46N2. The molecule has 1 aliphatic heterocycles. The Labute approximate surface area is 398 Å². The van der Waals surface area contributed by atoms with Gasteiger partial charge in [-0.15, -0.1) is 0 Å². The molecular weight excluding hydrogens is 821 g/mol. The Morgan fingerprint density at radius 3 is 1.41 bits per heavy atom. The average molecular weight is 867 g/mol. The van der Waals surface area contributed by atoms with Crippen LogP contribution in [-0.4, -0.2) is 0 Å². The van der Waals surface area contributed by atoms with Crippen LogP contribution in [0, 0.1) is 0 Å². The van der Waals surface area contributed by atoms with Crippen molar-refractivity contribution in [2.45, 2.75) is 24.7 Å². The van der Waals surface area contributed by atoms with Crippen LogP contribution in [0.15, 0.2) is 231 Å². The van der Waals surface area contributed by atoms with E-state index in [1.807, 2.05) is 0 Å². The lowest BCUT2D eigenvalue weighted by molar-refractivity contribution is 0.660. The van der Waals surface area contributed by atoms with Crippen LogP contribution in [0.25, 0.3) is 56.7 Å². The van der Waals surface area contributed by atoms with Gasteiger partial charge in [-0.1, -0.05) is 196 Å². The molecule has 0 fully saturated rings. The van der Waals surface area contributed by atoms with Crippen molar-refractivity contribution in [1.82, 2.24) is 0 Å². The first-order chi connectivity index (χ1) is 33.5. The molecule has 0 amide bonds. The molecule has 14 rings (SSSR count). The minimum absolute atomic E-state index is 0.164. The van der Waals surface area contributed by atoms with Crippen molar-refractivity contribution in [2.24, 2.45) is 0 Å². The lowest BCUT2D eigenvalue weighted by Gasteiger charge is -2.35. The average Bonchev–Trinajstić information content (AvgIpc) is 3.68. The van der Waals surface area contributed by atoms with Crippen molar-refractivity contribution in [3.63, 3.8) is 0 Å². The van der Waals surface area contributed by atoms with Gasteiger partial charge in [-0.2, -0.15) is 0 Å². The summed E-state index contributed by atoms with van der Waals surface area (Å²) in [5.74, 6) is 0. The topological polar surface area (TPSA) is 6.48 Å². The molecule has 68 heavy (non-hydrogen) atoms.